The van der Waals surface area contributed by atoms with Crippen LogP contribution in [0.15, 0.2) is 0 Å². The summed E-state index contributed by atoms with van der Waals surface area (Å²) in [6, 6.07) is -6.26. The number of ether oxygens (including phenoxy) is 16. The smallest absolute Gasteiger partial charge is 0.242 e. The van der Waals surface area contributed by atoms with E-state index in [4.69, 9.17) is 75.8 Å². The normalized spacial score (nSPS) is 25.4. The van der Waals surface area contributed by atoms with E-state index >= 15 is 0 Å². The van der Waals surface area contributed by atoms with E-state index in [1.807, 2.05) is 0 Å². The summed E-state index contributed by atoms with van der Waals surface area (Å²) in [5, 5.41) is 112. The quantitative estimate of drug-likeness (QED) is 0.0251. The van der Waals surface area contributed by atoms with Crippen molar-refractivity contribution in [1.82, 2.24) is 42.5 Å². The largest absolute Gasteiger partial charge is 0.394 e. The van der Waals surface area contributed by atoms with Crippen LogP contribution >= 0.6 is 0 Å². The van der Waals surface area contributed by atoms with Gasteiger partial charge >= 0.3 is 0 Å². The van der Waals surface area contributed by atoms with Crippen molar-refractivity contribution < 1.29 is 160 Å². The Labute approximate surface area is 597 Å². The summed E-state index contributed by atoms with van der Waals surface area (Å²) in [6.45, 7) is 4.45. The molecule has 0 bridgehead atoms. The minimum atomic E-state index is -1.55. The van der Waals surface area contributed by atoms with Gasteiger partial charge in [-0.3, -0.25) is 38.4 Å². The number of aliphatic hydroxyl groups is 9. The highest BCUT2D eigenvalue weighted by Crippen LogP contribution is 2.25. The Morgan fingerprint density at radius 1 is 0.340 bits per heavy atom. The molecule has 41 heteroatoms. The van der Waals surface area contributed by atoms with Crippen LogP contribution in [0.2, 0.25) is 0 Å². The minimum Gasteiger partial charge on any atom is -0.394 e. The lowest BCUT2D eigenvalue weighted by molar-refractivity contribution is -0.272. The summed E-state index contributed by atoms with van der Waals surface area (Å²) >= 11 is 0. The molecule has 0 aromatic heterocycles. The standard InChI is InChI=1S/C62H112N8O33/c1-38(74)66-49-55(83)52(80)43(35-71)101-60(49)98-32-29-90-14-10-63-46(77)7-5-41(58(86)64-11-15-91-30-33-99-61-50(67-39(2)75)56(84)53(81)44(36-72)102-61)69-47(78)8-6-42(59(87)65-12-16-92-31-34-100-62-51(68-40(3)76)57(85)54(82)45(37-73)103-62)70-48(79)9-13-89-19-20-94-23-24-96-27-28-97-26-25-95-22-21-93-18-17-88-4/h41-45,49-57,60-62,71-73,80-85H,5-37H2,1-4H3,(H,63,77)(H,64,86)(H,65,87)(H,66,74)(H,67,75)(H,68,76)(H,69,78)(H,70,79). The molecule has 0 aromatic carbocycles. The van der Waals surface area contributed by atoms with Crippen LogP contribution in [0, 0.1) is 0 Å². The van der Waals surface area contributed by atoms with Gasteiger partial charge in [0.05, 0.1) is 165 Å². The molecule has 3 saturated heterocycles. The summed E-state index contributed by atoms with van der Waals surface area (Å²) in [4.78, 5) is 103. The maximum atomic E-state index is 13.8. The molecule has 0 spiro atoms. The lowest BCUT2D eigenvalue weighted by Crippen LogP contribution is -2.64. The monoisotopic (exact) mass is 1500 g/mol. The van der Waals surface area contributed by atoms with Crippen molar-refractivity contribution in [3.63, 3.8) is 0 Å². The second-order valence-corrected chi connectivity index (χ2v) is 23.4. The van der Waals surface area contributed by atoms with Crippen LogP contribution in [0.5, 0.6) is 0 Å². The highest BCUT2D eigenvalue weighted by Gasteiger charge is 2.48. The van der Waals surface area contributed by atoms with E-state index in [0.717, 1.165) is 0 Å². The molecule has 3 rings (SSSR count). The SMILES string of the molecule is COCCOCCOCCOCCOCCOCCOCCC(=O)NC(CCC(=O)NC(CCC(=O)NCCOCCOC1OC(CO)C(O)C(O)C1NC(C)=O)C(=O)NCCOCCOC1OC(CO)C(O)C(O)C1NC(C)=O)C(=O)NCCOCCOC1OC(CO)C(O)C(O)C1NC(C)=O. The maximum absolute atomic E-state index is 13.8. The topological polar surface area (TPSA) is 563 Å². The molecule has 0 aromatic rings. The Bertz CT molecular complexity index is 2370. The second kappa shape index (κ2) is 55.2. The molecule has 3 aliphatic rings. The first kappa shape index (κ1) is 92.0. The predicted molar refractivity (Wildman–Crippen MR) is 349 cm³/mol. The maximum Gasteiger partial charge on any atom is 0.242 e. The van der Waals surface area contributed by atoms with Gasteiger partial charge in [-0.1, -0.05) is 0 Å². The summed E-state index contributed by atoms with van der Waals surface area (Å²) in [6.07, 6.45) is -18.2. The zero-order chi connectivity index (χ0) is 75.7. The van der Waals surface area contributed by atoms with Crippen LogP contribution in [0.25, 0.3) is 0 Å². The van der Waals surface area contributed by atoms with E-state index in [0.29, 0.717) is 59.5 Å². The Hall–Kier alpha value is -5.24. The van der Waals surface area contributed by atoms with E-state index < -0.39 is 178 Å². The van der Waals surface area contributed by atoms with E-state index in [-0.39, 0.29) is 131 Å². The van der Waals surface area contributed by atoms with Crippen LogP contribution in [-0.2, 0) is 114 Å². The van der Waals surface area contributed by atoms with Gasteiger partial charge in [0, 0.05) is 66.8 Å². The Balaban J connectivity index is 1.59. The van der Waals surface area contributed by atoms with Crippen molar-refractivity contribution in [1.29, 1.82) is 0 Å². The fourth-order valence-corrected chi connectivity index (χ4v) is 10.0. The second-order valence-electron chi connectivity index (χ2n) is 23.4. The number of amides is 8. The highest BCUT2D eigenvalue weighted by molar-refractivity contribution is 5.90. The van der Waals surface area contributed by atoms with E-state index in [9.17, 15) is 84.3 Å². The Kier molecular flexibility index (Phi) is 49.3. The van der Waals surface area contributed by atoms with E-state index in [1.54, 1.807) is 7.11 Å². The van der Waals surface area contributed by atoms with Crippen LogP contribution < -0.4 is 42.5 Å². The average molecular weight is 1500 g/mol. The summed E-state index contributed by atoms with van der Waals surface area (Å²) in [5.74, 6) is -5.08. The molecule has 0 saturated carbocycles. The lowest BCUT2D eigenvalue weighted by atomic mass is 9.97. The van der Waals surface area contributed by atoms with Gasteiger partial charge in [0.15, 0.2) is 18.9 Å². The Morgan fingerprint density at radius 2 is 0.612 bits per heavy atom. The fourth-order valence-electron chi connectivity index (χ4n) is 10.0. The van der Waals surface area contributed by atoms with Crippen LogP contribution in [0.4, 0.5) is 0 Å². The van der Waals surface area contributed by atoms with Gasteiger partial charge in [-0.2, -0.15) is 0 Å². The van der Waals surface area contributed by atoms with Gasteiger partial charge in [0.25, 0.3) is 0 Å². The van der Waals surface area contributed by atoms with Gasteiger partial charge in [-0.05, 0) is 12.8 Å². The van der Waals surface area contributed by atoms with Crippen molar-refractivity contribution >= 4 is 47.3 Å². The molecule has 3 heterocycles. The zero-order valence-corrected chi connectivity index (χ0v) is 59.0. The van der Waals surface area contributed by atoms with E-state index in [1.165, 1.54) is 20.8 Å². The average Bonchev–Trinajstić information content (AvgIpc) is 0.823. The van der Waals surface area contributed by atoms with Gasteiger partial charge in [-0.25, -0.2) is 0 Å². The van der Waals surface area contributed by atoms with Gasteiger partial charge < -0.3 is 164 Å². The number of carbonyl (C=O) groups excluding carboxylic acids is 8. The number of nitrogens with one attached hydrogen (secondary N) is 8. The third kappa shape index (κ3) is 38.2. The molecule has 3 aliphatic heterocycles. The number of methoxy groups -OCH3 is 1. The molecule has 17 atom stereocenters. The van der Waals surface area contributed by atoms with Crippen LogP contribution in [0.3, 0.4) is 0 Å². The van der Waals surface area contributed by atoms with Gasteiger partial charge in [0.1, 0.15) is 85.1 Å². The number of rotatable bonds is 58. The van der Waals surface area contributed by atoms with Crippen molar-refractivity contribution in [2.45, 2.75) is 157 Å². The molecule has 103 heavy (non-hydrogen) atoms. The third-order valence-electron chi connectivity index (χ3n) is 15.3. The summed E-state index contributed by atoms with van der Waals surface area (Å²) in [7, 11) is 1.60. The zero-order valence-electron chi connectivity index (χ0n) is 59.0. The molecule has 3 fully saturated rings. The number of hydrogen-bond donors (Lipinski definition) is 17. The predicted octanol–water partition coefficient (Wildman–Crippen LogP) is -10.1. The fraction of sp³-hybridized carbons (Fsp3) is 0.871. The number of carbonyl (C=O) groups is 8. The molecular formula is C62H112N8O33. The van der Waals surface area contributed by atoms with Gasteiger partial charge in [-0.15, -0.1) is 0 Å². The van der Waals surface area contributed by atoms with Gasteiger partial charge in [0.2, 0.25) is 47.3 Å². The van der Waals surface area contributed by atoms with Crippen molar-refractivity contribution in [3.05, 3.63) is 0 Å². The lowest BCUT2D eigenvalue weighted by Gasteiger charge is -2.42. The van der Waals surface area contributed by atoms with Crippen molar-refractivity contribution in [3.8, 4) is 0 Å². The number of aliphatic hydroxyl groups excluding tert-OH is 9. The molecule has 41 nitrogen and oxygen atoms in total. The van der Waals surface area contributed by atoms with Crippen LogP contribution in [-0.4, -0.2) is 389 Å². The molecule has 17 N–H and O–H groups in total. The molecule has 0 radical (unpaired) electrons. The minimum absolute atomic E-state index is 0.0293. The van der Waals surface area contributed by atoms with Crippen molar-refractivity contribution in [2.75, 3.05) is 192 Å². The molecule has 0 aliphatic carbocycles. The molecule has 8 amide bonds. The first-order chi connectivity index (χ1) is 49.6. The third-order valence-corrected chi connectivity index (χ3v) is 15.3. The molecule has 598 valence electrons. The van der Waals surface area contributed by atoms with Crippen LogP contribution in [0.1, 0.15) is 52.9 Å². The number of hydrogen-bond acceptors (Lipinski definition) is 33. The molecular weight excluding hydrogens is 1380 g/mol. The van der Waals surface area contributed by atoms with E-state index in [2.05, 4.69) is 42.5 Å². The molecule has 17 unspecified atom stereocenters. The Morgan fingerprint density at radius 3 is 0.922 bits per heavy atom. The first-order valence-electron chi connectivity index (χ1n) is 34.2. The first-order valence-corrected chi connectivity index (χ1v) is 34.2. The summed E-state index contributed by atoms with van der Waals surface area (Å²) in [5.41, 5.74) is 0. The van der Waals surface area contributed by atoms with Crippen molar-refractivity contribution in [2.24, 2.45) is 0 Å². The summed E-state index contributed by atoms with van der Waals surface area (Å²) < 4.78 is 88.0. The highest BCUT2D eigenvalue weighted by atomic mass is 16.7.